The van der Waals surface area contributed by atoms with Crippen molar-refractivity contribution in [1.29, 1.82) is 0 Å². The molecule has 0 bridgehead atoms. The topological polar surface area (TPSA) is 52.4 Å². The largest absolute Gasteiger partial charge is 0.487 e. The van der Waals surface area contributed by atoms with Gasteiger partial charge in [-0.3, -0.25) is 10.1 Å². The third-order valence-electron chi connectivity index (χ3n) is 1.50. The zero-order chi connectivity index (χ0) is 10.7. The van der Waals surface area contributed by atoms with Crippen LogP contribution >= 0.6 is 0 Å². The Kier molecular flexibility index (Phi) is 2.95. The molecule has 76 valence electrons. The zero-order valence-electron chi connectivity index (χ0n) is 7.29. The van der Waals surface area contributed by atoms with E-state index in [-0.39, 0.29) is 12.4 Å². The number of benzene rings is 1. The quantitative estimate of drug-likeness (QED) is 0.559. The number of nitro benzene ring substituents is 1. The summed E-state index contributed by atoms with van der Waals surface area (Å²) in [5.41, 5.74) is -0.578. The van der Waals surface area contributed by atoms with E-state index < -0.39 is 22.2 Å². The molecule has 0 N–H and O–H groups in total. The first-order valence-corrected chi connectivity index (χ1v) is 3.82. The van der Waals surface area contributed by atoms with Crippen molar-refractivity contribution in [1.82, 2.24) is 0 Å². The van der Waals surface area contributed by atoms with Crippen LogP contribution in [0.15, 0.2) is 12.1 Å². The van der Waals surface area contributed by atoms with E-state index >= 15 is 0 Å². The van der Waals surface area contributed by atoms with E-state index in [1.807, 2.05) is 0 Å². The Morgan fingerprint density at radius 3 is 2.50 bits per heavy atom. The summed E-state index contributed by atoms with van der Waals surface area (Å²) in [6, 6.07) is 1.16. The monoisotopic (exact) mass is 203 g/mol. The summed E-state index contributed by atoms with van der Waals surface area (Å²) in [5, 5.41) is 10.4. The van der Waals surface area contributed by atoms with E-state index in [0.29, 0.717) is 12.1 Å². The lowest BCUT2D eigenvalue weighted by atomic mass is 10.3. The molecule has 0 aliphatic rings. The third kappa shape index (κ3) is 1.95. The predicted molar refractivity (Wildman–Crippen MR) is 44.2 cm³/mol. The van der Waals surface area contributed by atoms with Gasteiger partial charge in [-0.2, -0.15) is 0 Å². The second-order valence-electron chi connectivity index (χ2n) is 2.42. The van der Waals surface area contributed by atoms with Crippen molar-refractivity contribution in [3.8, 4) is 5.75 Å². The van der Waals surface area contributed by atoms with Crippen LogP contribution in [-0.4, -0.2) is 11.5 Å². The second-order valence-corrected chi connectivity index (χ2v) is 2.42. The van der Waals surface area contributed by atoms with Crippen molar-refractivity contribution in [2.75, 3.05) is 6.61 Å². The fourth-order valence-electron chi connectivity index (χ4n) is 0.932. The van der Waals surface area contributed by atoms with Crippen LogP contribution < -0.4 is 4.74 Å². The van der Waals surface area contributed by atoms with Crippen molar-refractivity contribution < 1.29 is 18.4 Å². The molecule has 0 fully saturated rings. The van der Waals surface area contributed by atoms with Crippen LogP contribution in [0.5, 0.6) is 5.75 Å². The number of rotatable bonds is 3. The maximum Gasteiger partial charge on any atom is 0.314 e. The van der Waals surface area contributed by atoms with Crippen LogP contribution in [0, 0.1) is 21.7 Å². The van der Waals surface area contributed by atoms with Gasteiger partial charge in [-0.05, 0) is 6.92 Å². The summed E-state index contributed by atoms with van der Waals surface area (Å²) < 4.78 is 30.1. The Bertz CT molecular complexity index is 368. The lowest BCUT2D eigenvalue weighted by molar-refractivity contribution is -0.386. The van der Waals surface area contributed by atoms with Crippen LogP contribution in [0.2, 0.25) is 0 Å². The molecular weight excluding hydrogens is 196 g/mol. The molecule has 4 nitrogen and oxygen atoms in total. The van der Waals surface area contributed by atoms with Gasteiger partial charge in [0.05, 0.1) is 17.6 Å². The highest BCUT2D eigenvalue weighted by molar-refractivity contribution is 5.46. The summed E-state index contributed by atoms with van der Waals surface area (Å²) in [6.07, 6.45) is 0. The maximum atomic E-state index is 12.7. The first-order valence-electron chi connectivity index (χ1n) is 3.82. The van der Waals surface area contributed by atoms with Gasteiger partial charge in [0.25, 0.3) is 0 Å². The molecule has 0 amide bonds. The summed E-state index contributed by atoms with van der Waals surface area (Å²) >= 11 is 0. The van der Waals surface area contributed by atoms with E-state index in [4.69, 9.17) is 4.74 Å². The molecule has 0 atom stereocenters. The minimum absolute atomic E-state index is 0.145. The van der Waals surface area contributed by atoms with Gasteiger partial charge < -0.3 is 4.74 Å². The summed E-state index contributed by atoms with van der Waals surface area (Å²) in [5.74, 6) is -2.70. The number of hydrogen-bond donors (Lipinski definition) is 0. The minimum atomic E-state index is -1.26. The molecule has 0 heterocycles. The molecule has 14 heavy (non-hydrogen) atoms. The predicted octanol–water partition coefficient (Wildman–Crippen LogP) is 2.27. The highest BCUT2D eigenvalue weighted by Crippen LogP contribution is 2.29. The van der Waals surface area contributed by atoms with Crippen LogP contribution in [0.4, 0.5) is 14.5 Å². The Morgan fingerprint density at radius 2 is 2.00 bits per heavy atom. The number of halogens is 2. The highest BCUT2D eigenvalue weighted by Gasteiger charge is 2.19. The van der Waals surface area contributed by atoms with Crippen molar-refractivity contribution >= 4 is 5.69 Å². The molecule has 0 aliphatic heterocycles. The first kappa shape index (κ1) is 10.4. The van der Waals surface area contributed by atoms with E-state index in [1.54, 1.807) is 6.92 Å². The van der Waals surface area contributed by atoms with Gasteiger partial charge in [0.1, 0.15) is 0 Å². The van der Waals surface area contributed by atoms with Gasteiger partial charge in [-0.25, -0.2) is 8.78 Å². The Hall–Kier alpha value is -1.72. The molecular formula is C8H7F2NO3. The summed E-state index contributed by atoms with van der Waals surface area (Å²) in [4.78, 5) is 9.57. The Morgan fingerprint density at radius 1 is 1.43 bits per heavy atom. The van der Waals surface area contributed by atoms with E-state index in [1.165, 1.54) is 0 Å². The van der Waals surface area contributed by atoms with E-state index in [2.05, 4.69) is 0 Å². The average molecular weight is 203 g/mol. The first-order chi connectivity index (χ1) is 6.56. The van der Waals surface area contributed by atoms with Crippen LogP contribution in [0.1, 0.15) is 6.92 Å². The number of nitrogens with zero attached hydrogens (tertiary/aromatic N) is 1. The number of hydrogen-bond acceptors (Lipinski definition) is 3. The molecule has 0 aromatic heterocycles. The van der Waals surface area contributed by atoms with Gasteiger partial charge >= 0.3 is 5.69 Å². The molecule has 0 saturated heterocycles. The molecule has 0 unspecified atom stereocenters. The zero-order valence-corrected chi connectivity index (χ0v) is 7.29. The Labute approximate surface area is 78.3 Å². The molecule has 0 saturated carbocycles. The number of nitro groups is 1. The van der Waals surface area contributed by atoms with Crippen molar-refractivity contribution in [3.05, 3.63) is 33.9 Å². The lowest BCUT2D eigenvalue weighted by Crippen LogP contribution is -1.99. The maximum absolute atomic E-state index is 12.7. The molecule has 0 spiro atoms. The SMILES string of the molecule is CCOc1cc(F)c(F)cc1[N+](=O)[O-]. The third-order valence-corrected chi connectivity index (χ3v) is 1.50. The van der Waals surface area contributed by atoms with Gasteiger partial charge in [0, 0.05) is 6.07 Å². The molecule has 6 heteroatoms. The van der Waals surface area contributed by atoms with E-state index in [0.717, 1.165) is 0 Å². The fraction of sp³-hybridized carbons (Fsp3) is 0.250. The highest BCUT2D eigenvalue weighted by atomic mass is 19.2. The lowest BCUT2D eigenvalue weighted by Gasteiger charge is -2.03. The smallest absolute Gasteiger partial charge is 0.314 e. The Balaban J connectivity index is 3.24. The van der Waals surface area contributed by atoms with Crippen LogP contribution in [0.25, 0.3) is 0 Å². The second kappa shape index (κ2) is 3.99. The van der Waals surface area contributed by atoms with Gasteiger partial charge in [0.2, 0.25) is 0 Å². The van der Waals surface area contributed by atoms with Crippen LogP contribution in [-0.2, 0) is 0 Å². The molecule has 0 radical (unpaired) electrons. The normalized spacial score (nSPS) is 9.93. The van der Waals surface area contributed by atoms with Gasteiger partial charge in [0.15, 0.2) is 17.4 Å². The fourth-order valence-corrected chi connectivity index (χ4v) is 0.932. The standard InChI is InChI=1S/C8H7F2NO3/c1-2-14-8-4-6(10)5(9)3-7(8)11(12)13/h3-4H,2H2,1H3. The number of ether oxygens (including phenoxy) is 1. The van der Waals surface area contributed by atoms with Gasteiger partial charge in [-0.15, -0.1) is 0 Å². The van der Waals surface area contributed by atoms with E-state index in [9.17, 15) is 18.9 Å². The summed E-state index contributed by atoms with van der Waals surface area (Å²) in [6.45, 7) is 1.73. The summed E-state index contributed by atoms with van der Waals surface area (Å²) in [7, 11) is 0. The van der Waals surface area contributed by atoms with Crippen molar-refractivity contribution in [3.63, 3.8) is 0 Å². The molecule has 0 aliphatic carbocycles. The van der Waals surface area contributed by atoms with Crippen LogP contribution in [0.3, 0.4) is 0 Å². The molecule has 1 aromatic carbocycles. The minimum Gasteiger partial charge on any atom is -0.487 e. The molecule has 1 aromatic rings. The van der Waals surface area contributed by atoms with Crippen molar-refractivity contribution in [2.45, 2.75) is 6.92 Å². The van der Waals surface area contributed by atoms with Gasteiger partial charge in [-0.1, -0.05) is 0 Å². The average Bonchev–Trinajstić information content (AvgIpc) is 2.11. The van der Waals surface area contributed by atoms with Crippen molar-refractivity contribution in [2.24, 2.45) is 0 Å². The molecule has 1 rings (SSSR count).